The minimum atomic E-state index is -0.307. The third-order valence-corrected chi connectivity index (χ3v) is 2.10. The van der Waals surface area contributed by atoms with Crippen LogP contribution in [0.15, 0.2) is 12.3 Å². The molecule has 0 saturated heterocycles. The van der Waals surface area contributed by atoms with Crippen LogP contribution in [0, 0.1) is 16.7 Å². The number of nitrogens with zero attached hydrogens (tertiary/aromatic N) is 3. The minimum absolute atomic E-state index is 0.307. The normalized spacial score (nSPS) is 11.3. The van der Waals surface area contributed by atoms with Gasteiger partial charge < -0.3 is 5.32 Å². The third-order valence-electron chi connectivity index (χ3n) is 2.10. The van der Waals surface area contributed by atoms with Gasteiger partial charge in [-0.1, -0.05) is 0 Å². The molecular weight excluding hydrogens is 176 g/mol. The molecule has 0 saturated carbocycles. The molecule has 0 aliphatic carbocycles. The quantitative estimate of drug-likeness (QED) is 0.776. The SMILES string of the molecule is Cn1nccc1CNCC(C)(C)C#N. The first-order chi connectivity index (χ1) is 6.55. The predicted molar refractivity (Wildman–Crippen MR) is 54.3 cm³/mol. The minimum Gasteiger partial charge on any atom is -0.310 e. The second kappa shape index (κ2) is 4.25. The first-order valence-corrected chi connectivity index (χ1v) is 4.64. The van der Waals surface area contributed by atoms with Crippen LogP contribution in [0.1, 0.15) is 19.5 Å². The van der Waals surface area contributed by atoms with Crippen LogP contribution in [-0.2, 0) is 13.6 Å². The highest BCUT2D eigenvalue weighted by atomic mass is 15.3. The Morgan fingerprint density at radius 1 is 1.64 bits per heavy atom. The van der Waals surface area contributed by atoms with Crippen LogP contribution >= 0.6 is 0 Å². The molecule has 1 N–H and O–H groups in total. The molecule has 1 aromatic heterocycles. The molecule has 0 aliphatic heterocycles. The molecule has 0 aliphatic rings. The largest absolute Gasteiger partial charge is 0.310 e. The Kier molecular flexibility index (Phi) is 3.26. The van der Waals surface area contributed by atoms with Crippen molar-refractivity contribution in [2.45, 2.75) is 20.4 Å². The molecular formula is C10H16N4. The second-order valence-corrected chi connectivity index (χ2v) is 4.05. The summed E-state index contributed by atoms with van der Waals surface area (Å²) in [7, 11) is 1.91. The molecule has 0 unspecified atom stereocenters. The number of nitrogens with one attached hydrogen (secondary N) is 1. The van der Waals surface area contributed by atoms with Crippen LogP contribution in [0.4, 0.5) is 0 Å². The fourth-order valence-electron chi connectivity index (χ4n) is 1.12. The van der Waals surface area contributed by atoms with Crippen molar-refractivity contribution >= 4 is 0 Å². The van der Waals surface area contributed by atoms with Gasteiger partial charge in [-0.2, -0.15) is 10.4 Å². The lowest BCUT2D eigenvalue weighted by Gasteiger charge is -2.15. The number of hydrogen-bond donors (Lipinski definition) is 1. The van der Waals surface area contributed by atoms with Gasteiger partial charge >= 0.3 is 0 Å². The fraction of sp³-hybridized carbons (Fsp3) is 0.600. The van der Waals surface area contributed by atoms with Crippen molar-refractivity contribution < 1.29 is 0 Å². The summed E-state index contributed by atoms with van der Waals surface area (Å²) in [6.07, 6.45) is 1.77. The van der Waals surface area contributed by atoms with Crippen LogP contribution in [0.25, 0.3) is 0 Å². The molecule has 1 rings (SSSR count). The standard InChI is InChI=1S/C10H16N4/c1-10(2,7-11)8-12-6-9-4-5-13-14(9)3/h4-5,12H,6,8H2,1-3H3. The molecule has 4 heteroatoms. The van der Waals surface area contributed by atoms with Crippen LogP contribution in [0.5, 0.6) is 0 Å². The lowest BCUT2D eigenvalue weighted by Crippen LogP contribution is -2.28. The number of aryl methyl sites for hydroxylation is 1. The topological polar surface area (TPSA) is 53.6 Å². The zero-order valence-corrected chi connectivity index (χ0v) is 8.91. The van der Waals surface area contributed by atoms with E-state index in [1.54, 1.807) is 6.20 Å². The van der Waals surface area contributed by atoms with Crippen molar-refractivity contribution in [1.82, 2.24) is 15.1 Å². The first-order valence-electron chi connectivity index (χ1n) is 4.64. The average Bonchev–Trinajstić information content (AvgIpc) is 2.52. The average molecular weight is 192 g/mol. The first kappa shape index (κ1) is 10.7. The van der Waals surface area contributed by atoms with Crippen molar-refractivity contribution in [3.63, 3.8) is 0 Å². The smallest absolute Gasteiger partial charge is 0.0697 e. The molecule has 0 atom stereocenters. The number of aromatic nitrogens is 2. The number of hydrogen-bond acceptors (Lipinski definition) is 3. The van der Waals surface area contributed by atoms with E-state index in [1.807, 2.05) is 31.6 Å². The van der Waals surface area contributed by atoms with Gasteiger partial charge in [-0.15, -0.1) is 0 Å². The Labute approximate surface area is 84.5 Å². The summed E-state index contributed by atoms with van der Waals surface area (Å²) >= 11 is 0. The highest BCUT2D eigenvalue weighted by molar-refractivity contribution is 5.00. The van der Waals surface area contributed by atoms with E-state index in [2.05, 4.69) is 16.5 Å². The van der Waals surface area contributed by atoms with E-state index in [9.17, 15) is 0 Å². The van der Waals surface area contributed by atoms with Gasteiger partial charge in [0.15, 0.2) is 0 Å². The summed E-state index contributed by atoms with van der Waals surface area (Å²) in [5.74, 6) is 0. The predicted octanol–water partition coefficient (Wildman–Crippen LogP) is 1.06. The van der Waals surface area contributed by atoms with Crippen molar-refractivity contribution in [1.29, 1.82) is 5.26 Å². The van der Waals surface area contributed by atoms with Gasteiger partial charge in [0.05, 0.1) is 17.2 Å². The Hall–Kier alpha value is -1.34. The second-order valence-electron chi connectivity index (χ2n) is 4.05. The Bertz CT molecular complexity index is 332. The van der Waals surface area contributed by atoms with Crippen molar-refractivity contribution in [2.75, 3.05) is 6.54 Å². The monoisotopic (exact) mass is 192 g/mol. The van der Waals surface area contributed by atoms with Crippen molar-refractivity contribution in [3.05, 3.63) is 18.0 Å². The number of nitriles is 1. The molecule has 0 spiro atoms. The lowest BCUT2D eigenvalue weighted by atomic mass is 9.96. The maximum atomic E-state index is 8.80. The molecule has 76 valence electrons. The van der Waals surface area contributed by atoms with E-state index < -0.39 is 0 Å². The van der Waals surface area contributed by atoms with Gasteiger partial charge in [-0.25, -0.2) is 0 Å². The summed E-state index contributed by atoms with van der Waals surface area (Å²) in [5.41, 5.74) is 0.817. The van der Waals surface area contributed by atoms with E-state index in [0.717, 1.165) is 12.2 Å². The molecule has 0 bridgehead atoms. The molecule has 0 amide bonds. The highest BCUT2D eigenvalue weighted by Crippen LogP contribution is 2.10. The summed E-state index contributed by atoms with van der Waals surface area (Å²) in [6, 6.07) is 4.22. The van der Waals surface area contributed by atoms with Gasteiger partial charge in [0.2, 0.25) is 0 Å². The zero-order chi connectivity index (χ0) is 10.6. The summed E-state index contributed by atoms with van der Waals surface area (Å²) in [4.78, 5) is 0. The summed E-state index contributed by atoms with van der Waals surface area (Å²) < 4.78 is 1.83. The fourth-order valence-corrected chi connectivity index (χ4v) is 1.12. The van der Waals surface area contributed by atoms with Crippen LogP contribution in [0.2, 0.25) is 0 Å². The van der Waals surface area contributed by atoms with Crippen LogP contribution in [0.3, 0.4) is 0 Å². The zero-order valence-electron chi connectivity index (χ0n) is 8.91. The molecule has 0 fully saturated rings. The lowest BCUT2D eigenvalue weighted by molar-refractivity contribution is 0.439. The molecule has 0 radical (unpaired) electrons. The van der Waals surface area contributed by atoms with Gasteiger partial charge in [-0.3, -0.25) is 4.68 Å². The van der Waals surface area contributed by atoms with E-state index in [0.29, 0.717) is 6.54 Å². The Balaban J connectivity index is 2.37. The molecule has 1 aromatic rings. The van der Waals surface area contributed by atoms with E-state index in [-0.39, 0.29) is 5.41 Å². The molecule has 4 nitrogen and oxygen atoms in total. The van der Waals surface area contributed by atoms with Gasteiger partial charge in [0.25, 0.3) is 0 Å². The highest BCUT2D eigenvalue weighted by Gasteiger charge is 2.15. The van der Waals surface area contributed by atoms with Crippen molar-refractivity contribution in [3.8, 4) is 6.07 Å². The van der Waals surface area contributed by atoms with Gasteiger partial charge in [-0.05, 0) is 19.9 Å². The molecule has 0 aromatic carbocycles. The summed E-state index contributed by atoms with van der Waals surface area (Å²) in [5, 5.41) is 16.1. The van der Waals surface area contributed by atoms with Crippen LogP contribution in [-0.4, -0.2) is 16.3 Å². The van der Waals surface area contributed by atoms with Crippen molar-refractivity contribution in [2.24, 2.45) is 12.5 Å². The van der Waals surface area contributed by atoms with Gasteiger partial charge in [0.1, 0.15) is 0 Å². The van der Waals surface area contributed by atoms with Gasteiger partial charge in [0, 0.05) is 26.3 Å². The summed E-state index contributed by atoms with van der Waals surface area (Å²) in [6.45, 7) is 5.28. The third kappa shape index (κ3) is 2.86. The van der Waals surface area contributed by atoms with E-state index >= 15 is 0 Å². The molecule has 1 heterocycles. The maximum absolute atomic E-state index is 8.80. The molecule has 14 heavy (non-hydrogen) atoms. The van der Waals surface area contributed by atoms with E-state index in [4.69, 9.17) is 5.26 Å². The maximum Gasteiger partial charge on any atom is 0.0697 e. The van der Waals surface area contributed by atoms with Crippen LogP contribution < -0.4 is 5.32 Å². The Morgan fingerprint density at radius 3 is 2.86 bits per heavy atom. The number of rotatable bonds is 4. The van der Waals surface area contributed by atoms with E-state index in [1.165, 1.54) is 0 Å². The Morgan fingerprint density at radius 2 is 2.36 bits per heavy atom.